The quantitative estimate of drug-likeness (QED) is 0.814. The number of amides is 1. The van der Waals surface area contributed by atoms with Crippen molar-refractivity contribution in [3.8, 4) is 5.69 Å². The van der Waals surface area contributed by atoms with Gasteiger partial charge in [-0.15, -0.1) is 0 Å². The van der Waals surface area contributed by atoms with Gasteiger partial charge in [-0.2, -0.15) is 4.68 Å². The molecule has 0 aliphatic carbocycles. The lowest BCUT2D eigenvalue weighted by Crippen LogP contribution is -2.50. The summed E-state index contributed by atoms with van der Waals surface area (Å²) in [5.41, 5.74) is 0.311. The lowest BCUT2D eigenvalue weighted by atomic mass is 10.2. The van der Waals surface area contributed by atoms with E-state index in [4.69, 9.17) is 4.74 Å². The third kappa shape index (κ3) is 3.61. The lowest BCUT2D eigenvalue weighted by molar-refractivity contribution is 0.0240. The van der Waals surface area contributed by atoms with Crippen LogP contribution in [0.3, 0.4) is 0 Å². The molecule has 1 fully saturated rings. The monoisotopic (exact) mass is 331 g/mol. The maximum atomic E-state index is 12.1. The van der Waals surface area contributed by atoms with Crippen LogP contribution in [-0.4, -0.2) is 68.0 Å². The van der Waals surface area contributed by atoms with E-state index in [1.165, 1.54) is 0 Å². The molecule has 0 unspecified atom stereocenters. The summed E-state index contributed by atoms with van der Waals surface area (Å²) in [6.07, 6.45) is 3.12. The molecule has 0 bridgehead atoms. The highest BCUT2D eigenvalue weighted by molar-refractivity contribution is 5.68. The number of pyridine rings is 1. The first-order valence-corrected chi connectivity index (χ1v) is 7.86. The van der Waals surface area contributed by atoms with Gasteiger partial charge in [-0.25, -0.2) is 4.79 Å². The second kappa shape index (κ2) is 6.42. The fourth-order valence-corrected chi connectivity index (χ4v) is 2.44. The number of carbonyl (C=O) groups excluding carboxylic acids is 1. The minimum Gasteiger partial charge on any atom is -0.444 e. The van der Waals surface area contributed by atoms with E-state index < -0.39 is 5.60 Å². The van der Waals surface area contributed by atoms with Crippen molar-refractivity contribution < 1.29 is 9.53 Å². The molecule has 1 aliphatic heterocycles. The summed E-state index contributed by atoms with van der Waals surface area (Å²) < 4.78 is 7.06. The van der Waals surface area contributed by atoms with Crippen LogP contribution in [0, 0.1) is 0 Å². The number of aromatic nitrogens is 5. The van der Waals surface area contributed by atoms with Gasteiger partial charge in [0.1, 0.15) is 5.60 Å². The van der Waals surface area contributed by atoms with Gasteiger partial charge in [0, 0.05) is 32.4 Å². The minimum atomic E-state index is -0.487. The molecular formula is C15H21N7O2. The first-order chi connectivity index (χ1) is 11.4. The van der Waals surface area contributed by atoms with Crippen LogP contribution in [0.4, 0.5) is 10.7 Å². The molecule has 0 N–H and O–H groups in total. The maximum Gasteiger partial charge on any atom is 0.410 e. The molecule has 2 aromatic rings. The van der Waals surface area contributed by atoms with E-state index in [0.29, 0.717) is 32.1 Å². The average molecular weight is 331 g/mol. The van der Waals surface area contributed by atoms with E-state index >= 15 is 0 Å². The number of hydrogen-bond acceptors (Lipinski definition) is 7. The Balaban J connectivity index is 1.66. The summed E-state index contributed by atoms with van der Waals surface area (Å²) >= 11 is 0. The number of anilines is 1. The summed E-state index contributed by atoms with van der Waals surface area (Å²) in [7, 11) is 0. The Morgan fingerprint density at radius 2 is 1.96 bits per heavy atom. The van der Waals surface area contributed by atoms with Crippen LogP contribution in [0.25, 0.3) is 5.69 Å². The van der Waals surface area contributed by atoms with Crippen LogP contribution >= 0.6 is 0 Å². The van der Waals surface area contributed by atoms with Gasteiger partial charge < -0.3 is 14.5 Å². The summed E-state index contributed by atoms with van der Waals surface area (Å²) in [6.45, 7) is 8.00. The van der Waals surface area contributed by atoms with E-state index in [2.05, 4.69) is 20.5 Å². The molecule has 9 heteroatoms. The maximum absolute atomic E-state index is 12.1. The Labute approximate surface area is 140 Å². The van der Waals surface area contributed by atoms with Gasteiger partial charge >= 0.3 is 6.09 Å². The van der Waals surface area contributed by atoms with E-state index in [0.717, 1.165) is 5.69 Å². The third-order valence-corrected chi connectivity index (χ3v) is 3.56. The van der Waals surface area contributed by atoms with Gasteiger partial charge in [0.2, 0.25) is 0 Å². The standard InChI is InChI=1S/C15H21N7O2/c1-15(2,3)24-14(23)21-9-7-20(8-10-21)13-17-18-19-22(13)12-5-4-6-16-11-12/h4-6,11H,7-10H2,1-3H3. The Kier molecular flexibility index (Phi) is 4.32. The Hall–Kier alpha value is -2.71. The van der Waals surface area contributed by atoms with Gasteiger partial charge in [-0.05, 0) is 43.3 Å². The fourth-order valence-electron chi connectivity index (χ4n) is 2.44. The molecule has 3 rings (SSSR count). The number of hydrogen-bond donors (Lipinski definition) is 0. The minimum absolute atomic E-state index is 0.283. The van der Waals surface area contributed by atoms with Crippen molar-refractivity contribution in [2.75, 3.05) is 31.1 Å². The molecule has 3 heterocycles. The van der Waals surface area contributed by atoms with Gasteiger partial charge in [0.15, 0.2) is 0 Å². The summed E-state index contributed by atoms with van der Waals surface area (Å²) in [5, 5.41) is 11.9. The van der Waals surface area contributed by atoms with Crippen molar-refractivity contribution >= 4 is 12.0 Å². The topological polar surface area (TPSA) is 89.3 Å². The van der Waals surface area contributed by atoms with Crippen molar-refractivity contribution in [2.24, 2.45) is 0 Å². The van der Waals surface area contributed by atoms with E-state index in [1.807, 2.05) is 37.8 Å². The van der Waals surface area contributed by atoms with Crippen LogP contribution < -0.4 is 4.90 Å². The predicted octanol–water partition coefficient (Wildman–Crippen LogP) is 1.11. The zero-order chi connectivity index (χ0) is 17.2. The van der Waals surface area contributed by atoms with Gasteiger partial charge in [0.05, 0.1) is 11.9 Å². The van der Waals surface area contributed by atoms with Gasteiger partial charge in [-0.1, -0.05) is 5.10 Å². The van der Waals surface area contributed by atoms with Crippen molar-refractivity contribution in [3.05, 3.63) is 24.5 Å². The molecule has 1 aliphatic rings. The highest BCUT2D eigenvalue weighted by Crippen LogP contribution is 2.17. The molecule has 2 aromatic heterocycles. The largest absolute Gasteiger partial charge is 0.444 e. The van der Waals surface area contributed by atoms with Crippen molar-refractivity contribution in [1.82, 2.24) is 30.1 Å². The predicted molar refractivity (Wildman–Crippen MR) is 87.0 cm³/mol. The first-order valence-electron chi connectivity index (χ1n) is 7.86. The SMILES string of the molecule is CC(C)(C)OC(=O)N1CCN(c2nnnn2-c2cccnc2)CC1. The Bertz CT molecular complexity index is 687. The second-order valence-corrected chi connectivity index (χ2v) is 6.56. The summed E-state index contributed by atoms with van der Waals surface area (Å²) in [5.74, 6) is 0.645. The molecule has 24 heavy (non-hydrogen) atoms. The molecule has 1 amide bonds. The van der Waals surface area contributed by atoms with E-state index in [1.54, 1.807) is 22.0 Å². The number of nitrogens with zero attached hydrogens (tertiary/aromatic N) is 7. The molecule has 0 saturated carbocycles. The molecular weight excluding hydrogens is 310 g/mol. The lowest BCUT2D eigenvalue weighted by Gasteiger charge is -2.35. The van der Waals surface area contributed by atoms with Crippen molar-refractivity contribution in [2.45, 2.75) is 26.4 Å². The van der Waals surface area contributed by atoms with E-state index in [-0.39, 0.29) is 6.09 Å². The number of carbonyl (C=O) groups is 1. The Morgan fingerprint density at radius 1 is 1.21 bits per heavy atom. The molecule has 0 atom stereocenters. The summed E-state index contributed by atoms with van der Waals surface area (Å²) in [6, 6.07) is 3.73. The van der Waals surface area contributed by atoms with Gasteiger partial charge in [-0.3, -0.25) is 4.98 Å². The second-order valence-electron chi connectivity index (χ2n) is 6.56. The molecule has 0 spiro atoms. The number of piperazine rings is 1. The highest BCUT2D eigenvalue weighted by Gasteiger charge is 2.28. The van der Waals surface area contributed by atoms with Crippen LogP contribution in [-0.2, 0) is 4.74 Å². The van der Waals surface area contributed by atoms with Crippen LogP contribution in [0.1, 0.15) is 20.8 Å². The molecule has 128 valence electrons. The number of tetrazole rings is 1. The van der Waals surface area contributed by atoms with Crippen LogP contribution in [0.15, 0.2) is 24.5 Å². The summed E-state index contributed by atoms with van der Waals surface area (Å²) in [4.78, 5) is 20.0. The van der Waals surface area contributed by atoms with Crippen molar-refractivity contribution in [1.29, 1.82) is 0 Å². The smallest absolute Gasteiger partial charge is 0.410 e. The molecule has 0 aromatic carbocycles. The third-order valence-electron chi connectivity index (χ3n) is 3.56. The molecule has 9 nitrogen and oxygen atoms in total. The van der Waals surface area contributed by atoms with Crippen molar-refractivity contribution in [3.63, 3.8) is 0 Å². The number of rotatable bonds is 2. The molecule has 0 radical (unpaired) electrons. The van der Waals surface area contributed by atoms with Crippen LogP contribution in [0.2, 0.25) is 0 Å². The molecule has 1 saturated heterocycles. The van der Waals surface area contributed by atoms with E-state index in [9.17, 15) is 4.79 Å². The first kappa shape index (κ1) is 16.2. The zero-order valence-electron chi connectivity index (χ0n) is 14.1. The van der Waals surface area contributed by atoms with Gasteiger partial charge in [0.25, 0.3) is 5.95 Å². The fraction of sp³-hybridized carbons (Fsp3) is 0.533. The number of ether oxygens (including phenoxy) is 1. The highest BCUT2D eigenvalue weighted by atomic mass is 16.6. The Morgan fingerprint density at radius 3 is 2.58 bits per heavy atom. The zero-order valence-corrected chi connectivity index (χ0v) is 14.1. The normalized spacial score (nSPS) is 15.5. The average Bonchev–Trinajstić information content (AvgIpc) is 3.04. The van der Waals surface area contributed by atoms with Crippen LogP contribution in [0.5, 0.6) is 0 Å².